The van der Waals surface area contributed by atoms with Crippen molar-refractivity contribution in [2.75, 3.05) is 23.0 Å². The zero-order chi connectivity index (χ0) is 19.4. The van der Waals surface area contributed by atoms with Crippen LogP contribution in [0.5, 0.6) is 0 Å². The molecule has 0 spiro atoms. The van der Waals surface area contributed by atoms with E-state index in [1.54, 1.807) is 73.0 Å². The van der Waals surface area contributed by atoms with Gasteiger partial charge in [-0.2, -0.15) is 0 Å². The van der Waals surface area contributed by atoms with E-state index in [2.05, 4.69) is 0 Å². The molecule has 2 fully saturated rings. The Bertz CT molecular complexity index is 764. The highest BCUT2D eigenvalue weighted by Crippen LogP contribution is 2.49. The van der Waals surface area contributed by atoms with Crippen LogP contribution in [-0.4, -0.2) is 40.9 Å². The summed E-state index contributed by atoms with van der Waals surface area (Å²) in [6.45, 7) is 3.18. The first kappa shape index (κ1) is 20.8. The van der Waals surface area contributed by atoms with Crippen LogP contribution in [0, 0.1) is 0 Å². The van der Waals surface area contributed by atoms with Crippen LogP contribution in [0.25, 0.3) is 0 Å². The van der Waals surface area contributed by atoms with E-state index in [-0.39, 0.29) is 17.5 Å². The van der Waals surface area contributed by atoms with Gasteiger partial charge in [0.05, 0.1) is 0 Å². The topological polar surface area (TPSA) is 51.2 Å². The number of hydrogen-bond donors (Lipinski definition) is 0. The minimum atomic E-state index is -0.387. The predicted molar refractivity (Wildman–Crippen MR) is 120 cm³/mol. The smallest absolute Gasteiger partial charge is 0.158 e. The Hall–Kier alpha value is -0.890. The van der Waals surface area contributed by atoms with Crippen LogP contribution in [0.15, 0.2) is 43.9 Å². The van der Waals surface area contributed by atoms with Crippen molar-refractivity contribution >= 4 is 64.9 Å². The minimum Gasteiger partial charge on any atom is -0.298 e. The fraction of sp³-hybridized carbons (Fsp3) is 0.350. The summed E-state index contributed by atoms with van der Waals surface area (Å²) < 4.78 is 2.05. The summed E-state index contributed by atoms with van der Waals surface area (Å²) >= 11 is 6.80. The lowest BCUT2D eigenvalue weighted by Crippen LogP contribution is -2.18. The maximum absolute atomic E-state index is 12.7. The number of allylic oxidation sites excluding steroid dienone is 2. The van der Waals surface area contributed by atoms with Gasteiger partial charge in [0.15, 0.2) is 11.6 Å². The normalized spacial score (nSPS) is 16.7. The molecule has 0 atom stereocenters. The van der Waals surface area contributed by atoms with Gasteiger partial charge in [-0.1, -0.05) is 24.3 Å². The molecule has 1 aromatic carbocycles. The molecule has 0 unspecified atom stereocenters. The number of aldehydes is 1. The van der Waals surface area contributed by atoms with E-state index in [0.29, 0.717) is 16.7 Å². The van der Waals surface area contributed by atoms with Crippen LogP contribution in [0.3, 0.4) is 0 Å². The fourth-order valence-electron chi connectivity index (χ4n) is 3.11. The first-order chi connectivity index (χ1) is 13.0. The standard InChI is InChI=1S/C20H20O3S4/c1-12(22)16(19-24-7-8-25-19)18(15-5-3-14(11-21)4-6-15)17(13(2)23)20-26-9-10-27-20/h3-6,11,18H,7-10H2,1-2H3. The molecule has 3 nitrogen and oxygen atoms in total. The van der Waals surface area contributed by atoms with E-state index in [1.165, 1.54) is 0 Å². The molecule has 2 aliphatic rings. The van der Waals surface area contributed by atoms with Crippen LogP contribution in [0.4, 0.5) is 0 Å². The monoisotopic (exact) mass is 436 g/mol. The maximum atomic E-state index is 12.7. The molecule has 2 saturated heterocycles. The highest BCUT2D eigenvalue weighted by atomic mass is 32.2. The van der Waals surface area contributed by atoms with Crippen molar-refractivity contribution in [1.82, 2.24) is 0 Å². The van der Waals surface area contributed by atoms with Gasteiger partial charge in [-0.15, -0.1) is 47.0 Å². The van der Waals surface area contributed by atoms with Gasteiger partial charge in [-0.25, -0.2) is 0 Å². The number of ketones is 2. The molecule has 0 bridgehead atoms. The highest BCUT2D eigenvalue weighted by Gasteiger charge is 2.34. The molecule has 2 aliphatic heterocycles. The van der Waals surface area contributed by atoms with Gasteiger partial charge in [0, 0.05) is 54.1 Å². The molecular formula is C20H20O3S4. The lowest BCUT2D eigenvalue weighted by molar-refractivity contribution is -0.114. The van der Waals surface area contributed by atoms with Crippen LogP contribution >= 0.6 is 47.0 Å². The largest absolute Gasteiger partial charge is 0.298 e. The van der Waals surface area contributed by atoms with E-state index >= 15 is 0 Å². The van der Waals surface area contributed by atoms with Gasteiger partial charge in [-0.3, -0.25) is 14.4 Å². The number of hydrogen-bond acceptors (Lipinski definition) is 7. The van der Waals surface area contributed by atoms with Crippen molar-refractivity contribution < 1.29 is 14.4 Å². The van der Waals surface area contributed by atoms with Crippen LogP contribution in [0.1, 0.15) is 35.7 Å². The first-order valence-electron chi connectivity index (χ1n) is 8.59. The Morgan fingerprint density at radius 2 is 1.22 bits per heavy atom. The molecule has 7 heteroatoms. The summed E-state index contributed by atoms with van der Waals surface area (Å²) in [5, 5.41) is 0. The molecule has 27 heavy (non-hydrogen) atoms. The van der Waals surface area contributed by atoms with Crippen LogP contribution in [0.2, 0.25) is 0 Å². The van der Waals surface area contributed by atoms with Crippen molar-refractivity contribution in [3.8, 4) is 0 Å². The third-order valence-electron chi connectivity index (χ3n) is 4.28. The van der Waals surface area contributed by atoms with Gasteiger partial charge in [-0.05, 0) is 19.4 Å². The average Bonchev–Trinajstić information content (AvgIpc) is 3.35. The average molecular weight is 437 g/mol. The summed E-state index contributed by atoms with van der Waals surface area (Å²) in [6.07, 6.45) is 0.804. The molecule has 0 aliphatic carbocycles. The third kappa shape index (κ3) is 4.75. The molecule has 0 saturated carbocycles. The number of thioether (sulfide) groups is 4. The Labute approximate surface area is 176 Å². The molecule has 0 aromatic heterocycles. The van der Waals surface area contributed by atoms with E-state index < -0.39 is 0 Å². The Morgan fingerprint density at radius 3 is 1.56 bits per heavy atom. The van der Waals surface area contributed by atoms with Crippen LogP contribution in [-0.2, 0) is 9.59 Å². The molecule has 2 heterocycles. The Kier molecular flexibility index (Phi) is 7.36. The Balaban J connectivity index is 2.23. The van der Waals surface area contributed by atoms with E-state index in [0.717, 1.165) is 43.3 Å². The van der Waals surface area contributed by atoms with Crippen LogP contribution < -0.4 is 0 Å². The second-order valence-electron chi connectivity index (χ2n) is 6.13. The number of carbonyl (C=O) groups excluding carboxylic acids is 3. The number of rotatable bonds is 6. The van der Waals surface area contributed by atoms with Gasteiger partial charge in [0.1, 0.15) is 6.29 Å². The van der Waals surface area contributed by atoms with Gasteiger partial charge in [0.25, 0.3) is 0 Å². The van der Waals surface area contributed by atoms with Gasteiger partial charge < -0.3 is 0 Å². The number of benzene rings is 1. The maximum Gasteiger partial charge on any atom is 0.158 e. The number of Topliss-reactive ketones (excluding diaryl/α,β-unsaturated/α-hetero) is 2. The van der Waals surface area contributed by atoms with Gasteiger partial charge >= 0.3 is 0 Å². The quantitative estimate of drug-likeness (QED) is 0.452. The summed E-state index contributed by atoms with van der Waals surface area (Å²) in [7, 11) is 0. The SMILES string of the molecule is CC(=O)C(=C1SCCS1)C(C(C(C)=O)=C1SCCS1)c1ccc(C=O)cc1. The molecule has 1 aromatic rings. The second-order valence-corrected chi connectivity index (χ2v) is 11.1. The molecule has 142 valence electrons. The lowest BCUT2D eigenvalue weighted by Gasteiger charge is -2.24. The summed E-state index contributed by atoms with van der Waals surface area (Å²) in [5.41, 5.74) is 2.90. The molecule has 0 N–H and O–H groups in total. The summed E-state index contributed by atoms with van der Waals surface area (Å²) in [6, 6.07) is 7.25. The molecular weight excluding hydrogens is 416 g/mol. The fourth-order valence-corrected chi connectivity index (χ4v) is 8.52. The predicted octanol–water partition coefficient (Wildman–Crippen LogP) is 5.14. The lowest BCUT2D eigenvalue weighted by atomic mass is 9.82. The first-order valence-corrected chi connectivity index (χ1v) is 12.5. The molecule has 3 rings (SSSR count). The van der Waals surface area contributed by atoms with Crippen molar-refractivity contribution in [2.24, 2.45) is 0 Å². The van der Waals surface area contributed by atoms with Crippen molar-refractivity contribution in [2.45, 2.75) is 19.8 Å². The zero-order valence-electron chi connectivity index (χ0n) is 15.2. The van der Waals surface area contributed by atoms with Crippen molar-refractivity contribution in [3.05, 3.63) is 55.0 Å². The summed E-state index contributed by atoms with van der Waals surface area (Å²) in [4.78, 5) is 36.5. The van der Waals surface area contributed by atoms with Crippen molar-refractivity contribution in [3.63, 3.8) is 0 Å². The van der Waals surface area contributed by atoms with Gasteiger partial charge in [0.2, 0.25) is 0 Å². The second kappa shape index (κ2) is 9.54. The summed E-state index contributed by atoms with van der Waals surface area (Å²) in [5.74, 6) is 3.52. The van der Waals surface area contributed by atoms with Crippen molar-refractivity contribution in [1.29, 1.82) is 0 Å². The zero-order valence-corrected chi connectivity index (χ0v) is 18.4. The van der Waals surface area contributed by atoms with E-state index in [1.807, 2.05) is 12.1 Å². The van der Waals surface area contributed by atoms with E-state index in [9.17, 15) is 14.4 Å². The molecule has 0 amide bonds. The van der Waals surface area contributed by atoms with E-state index in [4.69, 9.17) is 0 Å². The Morgan fingerprint density at radius 1 is 0.815 bits per heavy atom. The minimum absolute atomic E-state index is 0.00344. The molecule has 0 radical (unpaired) electrons. The number of carbonyl (C=O) groups is 3. The highest BCUT2D eigenvalue weighted by molar-refractivity contribution is 8.25. The third-order valence-corrected chi connectivity index (χ3v) is 9.77.